The normalized spacial score (nSPS) is 10.2. The van der Waals surface area contributed by atoms with Gasteiger partial charge in [0.15, 0.2) is 11.5 Å². The molecule has 150 valence electrons. The molecular weight excluding hydrogens is 380 g/mol. The lowest BCUT2D eigenvalue weighted by atomic mass is 10.2. The fourth-order valence-corrected chi connectivity index (χ4v) is 2.44. The zero-order valence-corrected chi connectivity index (χ0v) is 16.8. The molecule has 0 bridgehead atoms. The van der Waals surface area contributed by atoms with Crippen LogP contribution >= 0.6 is 11.6 Å². The van der Waals surface area contributed by atoms with Gasteiger partial charge in [-0.3, -0.25) is 9.59 Å². The van der Waals surface area contributed by atoms with Crippen molar-refractivity contribution >= 4 is 29.1 Å². The Bertz CT molecular complexity index is 793. The Morgan fingerprint density at radius 3 is 2.21 bits per heavy atom. The predicted molar refractivity (Wildman–Crippen MR) is 110 cm³/mol. The van der Waals surface area contributed by atoms with Crippen molar-refractivity contribution < 1.29 is 19.1 Å². The van der Waals surface area contributed by atoms with Crippen molar-refractivity contribution in [3.05, 3.63) is 53.1 Å². The summed E-state index contributed by atoms with van der Waals surface area (Å²) in [6.45, 7) is 5.03. The number of ether oxygens (including phenoxy) is 2. The van der Waals surface area contributed by atoms with Crippen LogP contribution in [0.1, 0.15) is 37.0 Å². The molecule has 0 saturated heterocycles. The molecule has 0 saturated carbocycles. The van der Waals surface area contributed by atoms with Crippen LogP contribution in [0.2, 0.25) is 5.02 Å². The Labute approximate surface area is 170 Å². The van der Waals surface area contributed by atoms with E-state index in [-0.39, 0.29) is 18.4 Å². The first kappa shape index (κ1) is 21.6. The first-order valence-corrected chi connectivity index (χ1v) is 9.64. The Balaban J connectivity index is 1.94. The highest BCUT2D eigenvalue weighted by Crippen LogP contribution is 2.31. The van der Waals surface area contributed by atoms with Gasteiger partial charge >= 0.3 is 0 Å². The van der Waals surface area contributed by atoms with E-state index in [2.05, 4.69) is 10.6 Å². The summed E-state index contributed by atoms with van der Waals surface area (Å²) < 4.78 is 11.4. The molecule has 0 aliphatic heterocycles. The van der Waals surface area contributed by atoms with Crippen molar-refractivity contribution in [1.82, 2.24) is 5.32 Å². The molecule has 2 rings (SSSR count). The SMILES string of the molecule is CCCOc1ccc(NC(=O)CNC(=O)c2ccc(Cl)cc2)cc1OCCC. The van der Waals surface area contributed by atoms with Gasteiger partial charge in [-0.2, -0.15) is 0 Å². The number of hydrogen-bond acceptors (Lipinski definition) is 4. The van der Waals surface area contributed by atoms with Crippen molar-refractivity contribution in [3.8, 4) is 11.5 Å². The highest BCUT2D eigenvalue weighted by Gasteiger charge is 2.11. The molecule has 2 aromatic rings. The molecule has 2 amide bonds. The van der Waals surface area contributed by atoms with Gasteiger partial charge in [0.1, 0.15) is 0 Å². The second-order valence-electron chi connectivity index (χ2n) is 6.10. The molecule has 0 radical (unpaired) electrons. The van der Waals surface area contributed by atoms with Gasteiger partial charge in [0.25, 0.3) is 5.91 Å². The van der Waals surface area contributed by atoms with Crippen LogP contribution in [0.4, 0.5) is 5.69 Å². The van der Waals surface area contributed by atoms with Crippen molar-refractivity contribution in [2.24, 2.45) is 0 Å². The topological polar surface area (TPSA) is 76.7 Å². The third-order valence-corrected chi connectivity index (χ3v) is 3.92. The Morgan fingerprint density at radius 2 is 1.57 bits per heavy atom. The van der Waals surface area contributed by atoms with E-state index in [9.17, 15) is 9.59 Å². The molecule has 0 aliphatic carbocycles. The lowest BCUT2D eigenvalue weighted by Crippen LogP contribution is -2.32. The van der Waals surface area contributed by atoms with Crippen LogP contribution in [0.5, 0.6) is 11.5 Å². The van der Waals surface area contributed by atoms with Gasteiger partial charge in [0.2, 0.25) is 5.91 Å². The molecule has 0 fully saturated rings. The number of nitrogens with one attached hydrogen (secondary N) is 2. The standard InChI is InChI=1S/C21H25ClN2O4/c1-3-11-27-18-10-9-17(13-19(18)28-12-4-2)24-20(25)14-23-21(26)15-5-7-16(22)8-6-15/h5-10,13H,3-4,11-12,14H2,1-2H3,(H,23,26)(H,24,25). The number of amides is 2. The maximum Gasteiger partial charge on any atom is 0.251 e. The van der Waals surface area contributed by atoms with Crippen LogP contribution in [0.3, 0.4) is 0 Å². The number of hydrogen-bond donors (Lipinski definition) is 2. The molecule has 0 atom stereocenters. The van der Waals surface area contributed by atoms with E-state index in [0.29, 0.717) is 41.0 Å². The second kappa shape index (κ2) is 11.2. The van der Waals surface area contributed by atoms with Crippen LogP contribution in [-0.4, -0.2) is 31.6 Å². The first-order valence-electron chi connectivity index (χ1n) is 9.26. The summed E-state index contributed by atoms with van der Waals surface area (Å²) in [5, 5.41) is 5.87. The lowest BCUT2D eigenvalue weighted by Gasteiger charge is -2.14. The van der Waals surface area contributed by atoms with Crippen LogP contribution < -0.4 is 20.1 Å². The monoisotopic (exact) mass is 404 g/mol. The fourth-order valence-electron chi connectivity index (χ4n) is 2.31. The molecule has 7 heteroatoms. The van der Waals surface area contributed by atoms with Gasteiger partial charge < -0.3 is 20.1 Å². The Morgan fingerprint density at radius 1 is 0.929 bits per heavy atom. The van der Waals surface area contributed by atoms with E-state index in [1.807, 2.05) is 13.8 Å². The largest absolute Gasteiger partial charge is 0.490 e. The van der Waals surface area contributed by atoms with Crippen LogP contribution in [0.25, 0.3) is 0 Å². The van der Waals surface area contributed by atoms with Crippen LogP contribution in [0.15, 0.2) is 42.5 Å². The summed E-state index contributed by atoms with van der Waals surface area (Å²) in [6.07, 6.45) is 1.75. The summed E-state index contributed by atoms with van der Waals surface area (Å²) in [4.78, 5) is 24.2. The van der Waals surface area contributed by atoms with Crippen LogP contribution in [0, 0.1) is 0 Å². The van der Waals surface area contributed by atoms with Gasteiger partial charge in [0, 0.05) is 22.3 Å². The second-order valence-corrected chi connectivity index (χ2v) is 6.53. The summed E-state index contributed by atoms with van der Waals surface area (Å²) in [6, 6.07) is 11.7. The third kappa shape index (κ3) is 6.78. The highest BCUT2D eigenvalue weighted by atomic mass is 35.5. The minimum absolute atomic E-state index is 0.152. The quantitative estimate of drug-likeness (QED) is 0.619. The Hall–Kier alpha value is -2.73. The van der Waals surface area contributed by atoms with Gasteiger partial charge in [-0.05, 0) is 49.2 Å². The van der Waals surface area contributed by atoms with E-state index >= 15 is 0 Å². The molecule has 6 nitrogen and oxygen atoms in total. The number of benzene rings is 2. The molecular formula is C21H25ClN2O4. The van der Waals surface area contributed by atoms with E-state index in [1.54, 1.807) is 42.5 Å². The summed E-state index contributed by atoms with van der Waals surface area (Å²) in [7, 11) is 0. The molecule has 2 aromatic carbocycles. The van der Waals surface area contributed by atoms with E-state index in [0.717, 1.165) is 12.8 Å². The van der Waals surface area contributed by atoms with Crippen molar-refractivity contribution in [2.45, 2.75) is 26.7 Å². The fraction of sp³-hybridized carbons (Fsp3) is 0.333. The molecule has 0 unspecified atom stereocenters. The van der Waals surface area contributed by atoms with E-state index in [4.69, 9.17) is 21.1 Å². The number of halogens is 1. The molecule has 0 heterocycles. The van der Waals surface area contributed by atoms with Gasteiger partial charge in [-0.15, -0.1) is 0 Å². The first-order chi connectivity index (χ1) is 13.5. The van der Waals surface area contributed by atoms with Crippen LogP contribution in [-0.2, 0) is 4.79 Å². The van der Waals surface area contributed by atoms with Gasteiger partial charge in [-0.25, -0.2) is 0 Å². The minimum atomic E-state index is -0.345. The Kier molecular flexibility index (Phi) is 8.62. The predicted octanol–water partition coefficient (Wildman–Crippen LogP) is 4.29. The smallest absolute Gasteiger partial charge is 0.251 e. The third-order valence-electron chi connectivity index (χ3n) is 3.67. The lowest BCUT2D eigenvalue weighted by molar-refractivity contribution is -0.115. The number of anilines is 1. The molecule has 28 heavy (non-hydrogen) atoms. The molecule has 0 aromatic heterocycles. The van der Waals surface area contributed by atoms with Crippen molar-refractivity contribution in [1.29, 1.82) is 0 Å². The summed E-state index contributed by atoms with van der Waals surface area (Å²) in [5.74, 6) is 0.538. The summed E-state index contributed by atoms with van der Waals surface area (Å²) in [5.41, 5.74) is 1.01. The minimum Gasteiger partial charge on any atom is -0.490 e. The van der Waals surface area contributed by atoms with E-state index in [1.165, 1.54) is 0 Å². The summed E-state index contributed by atoms with van der Waals surface area (Å²) >= 11 is 5.80. The zero-order valence-electron chi connectivity index (χ0n) is 16.1. The molecule has 0 aliphatic rings. The average molecular weight is 405 g/mol. The van der Waals surface area contributed by atoms with Crippen molar-refractivity contribution in [2.75, 3.05) is 25.1 Å². The number of carbonyl (C=O) groups excluding carboxylic acids is 2. The molecule has 0 spiro atoms. The van der Waals surface area contributed by atoms with Gasteiger partial charge in [0.05, 0.1) is 19.8 Å². The maximum atomic E-state index is 12.2. The zero-order chi connectivity index (χ0) is 20.4. The molecule has 2 N–H and O–H groups in total. The van der Waals surface area contributed by atoms with Gasteiger partial charge in [-0.1, -0.05) is 25.4 Å². The highest BCUT2D eigenvalue weighted by molar-refractivity contribution is 6.30. The number of carbonyl (C=O) groups is 2. The van der Waals surface area contributed by atoms with Crippen molar-refractivity contribution in [3.63, 3.8) is 0 Å². The van der Waals surface area contributed by atoms with E-state index < -0.39 is 0 Å². The maximum absolute atomic E-state index is 12.2. The number of rotatable bonds is 10. The average Bonchev–Trinajstić information content (AvgIpc) is 2.70.